The molecular formula is C19H20N4O3S. The van der Waals surface area contributed by atoms with Crippen LogP contribution in [-0.2, 0) is 23.0 Å². The van der Waals surface area contributed by atoms with Crippen molar-refractivity contribution in [2.75, 3.05) is 11.3 Å². The van der Waals surface area contributed by atoms with Crippen LogP contribution in [-0.4, -0.2) is 29.8 Å². The topological polar surface area (TPSA) is 86.1 Å². The molecule has 0 unspecified atom stereocenters. The van der Waals surface area contributed by atoms with Crippen LogP contribution >= 0.6 is 0 Å². The number of aromatic nitrogens is 3. The van der Waals surface area contributed by atoms with Crippen LogP contribution in [0.25, 0.3) is 11.4 Å². The Morgan fingerprint density at radius 2 is 1.96 bits per heavy atom. The van der Waals surface area contributed by atoms with Crippen molar-refractivity contribution >= 4 is 15.7 Å². The van der Waals surface area contributed by atoms with Crippen molar-refractivity contribution in [3.05, 3.63) is 54.4 Å². The van der Waals surface area contributed by atoms with Gasteiger partial charge in [-0.05, 0) is 49.7 Å². The molecule has 0 fully saturated rings. The van der Waals surface area contributed by atoms with Crippen molar-refractivity contribution in [2.45, 2.75) is 31.2 Å². The smallest absolute Gasteiger partial charge is 0.261 e. The molecule has 27 heavy (non-hydrogen) atoms. The van der Waals surface area contributed by atoms with Crippen LogP contribution in [0.2, 0.25) is 0 Å². The second-order valence-electron chi connectivity index (χ2n) is 6.29. The van der Waals surface area contributed by atoms with Gasteiger partial charge in [-0.3, -0.25) is 4.72 Å². The molecule has 4 rings (SSSR count). The van der Waals surface area contributed by atoms with E-state index in [4.69, 9.17) is 4.74 Å². The van der Waals surface area contributed by atoms with Gasteiger partial charge in [-0.1, -0.05) is 12.1 Å². The lowest BCUT2D eigenvalue weighted by Crippen LogP contribution is -2.13. The van der Waals surface area contributed by atoms with Crippen molar-refractivity contribution in [1.82, 2.24) is 14.8 Å². The Labute approximate surface area is 158 Å². The molecule has 0 atom stereocenters. The van der Waals surface area contributed by atoms with Crippen molar-refractivity contribution < 1.29 is 13.2 Å². The summed E-state index contributed by atoms with van der Waals surface area (Å²) in [4.78, 5) is 0.180. The Morgan fingerprint density at radius 3 is 2.74 bits per heavy atom. The number of nitrogens with zero attached hydrogens (tertiary/aromatic N) is 3. The van der Waals surface area contributed by atoms with Gasteiger partial charge < -0.3 is 9.30 Å². The quantitative estimate of drug-likeness (QED) is 0.706. The summed E-state index contributed by atoms with van der Waals surface area (Å²) in [7, 11) is -3.69. The van der Waals surface area contributed by atoms with E-state index in [-0.39, 0.29) is 4.90 Å². The lowest BCUT2D eigenvalue weighted by molar-refractivity contribution is 0.340. The number of fused-ring (bicyclic) bond motifs is 1. The van der Waals surface area contributed by atoms with Gasteiger partial charge in [0.25, 0.3) is 10.0 Å². The van der Waals surface area contributed by atoms with Crippen LogP contribution in [0.1, 0.15) is 19.2 Å². The maximum atomic E-state index is 12.7. The Balaban J connectivity index is 1.58. The zero-order valence-electron chi connectivity index (χ0n) is 14.9. The zero-order chi connectivity index (χ0) is 18.9. The number of nitrogens with one attached hydrogen (secondary N) is 1. The minimum absolute atomic E-state index is 0.180. The van der Waals surface area contributed by atoms with Crippen molar-refractivity contribution in [1.29, 1.82) is 0 Å². The highest BCUT2D eigenvalue weighted by Gasteiger charge is 2.19. The lowest BCUT2D eigenvalue weighted by atomic mass is 10.2. The van der Waals surface area contributed by atoms with Gasteiger partial charge in [-0.25, -0.2) is 8.42 Å². The standard InChI is InChI=1S/C19H20N4O3S/c1-2-26-16-8-10-17(11-9-16)27(24,25)22-15-6-3-5-14(13-15)19-21-20-18-7-4-12-23(18)19/h3,5-6,8-11,13,22H,2,4,7,12H2,1H3. The largest absolute Gasteiger partial charge is 0.494 e. The van der Waals surface area contributed by atoms with Gasteiger partial charge in [0.2, 0.25) is 0 Å². The molecular weight excluding hydrogens is 364 g/mol. The first kappa shape index (κ1) is 17.5. The Bertz CT molecular complexity index is 1060. The van der Waals surface area contributed by atoms with Gasteiger partial charge in [0.15, 0.2) is 5.82 Å². The number of aryl methyl sites for hydroxylation is 1. The van der Waals surface area contributed by atoms with E-state index in [1.807, 2.05) is 19.1 Å². The Kier molecular flexibility index (Phi) is 4.57. The predicted octanol–water partition coefficient (Wildman–Crippen LogP) is 3.09. The van der Waals surface area contributed by atoms with Crippen LogP contribution in [0.5, 0.6) is 5.75 Å². The van der Waals surface area contributed by atoms with Gasteiger partial charge in [0.05, 0.1) is 11.5 Å². The van der Waals surface area contributed by atoms with Gasteiger partial charge >= 0.3 is 0 Å². The summed E-state index contributed by atoms with van der Waals surface area (Å²) in [6.07, 6.45) is 1.99. The molecule has 1 N–H and O–H groups in total. The monoisotopic (exact) mass is 384 g/mol. The summed E-state index contributed by atoms with van der Waals surface area (Å²) < 4.78 is 35.4. The van der Waals surface area contributed by atoms with E-state index in [0.29, 0.717) is 18.0 Å². The summed E-state index contributed by atoms with van der Waals surface area (Å²) >= 11 is 0. The molecule has 1 aliphatic heterocycles. The average Bonchev–Trinajstić information content (AvgIpc) is 3.26. The highest BCUT2D eigenvalue weighted by molar-refractivity contribution is 7.92. The number of anilines is 1. The number of benzene rings is 2. The van der Waals surface area contributed by atoms with Crippen LogP contribution in [0, 0.1) is 0 Å². The number of ether oxygens (including phenoxy) is 1. The summed E-state index contributed by atoms with van der Waals surface area (Å²) in [5.74, 6) is 2.38. The molecule has 0 saturated heterocycles. The Hall–Kier alpha value is -2.87. The van der Waals surface area contributed by atoms with Crippen molar-refractivity contribution in [3.63, 3.8) is 0 Å². The third kappa shape index (κ3) is 3.52. The predicted molar refractivity (Wildman–Crippen MR) is 102 cm³/mol. The van der Waals surface area contributed by atoms with E-state index in [1.54, 1.807) is 24.3 Å². The Morgan fingerprint density at radius 1 is 1.15 bits per heavy atom. The fourth-order valence-electron chi connectivity index (χ4n) is 3.18. The van der Waals surface area contributed by atoms with Crippen LogP contribution < -0.4 is 9.46 Å². The third-order valence-corrected chi connectivity index (χ3v) is 5.82. The van der Waals surface area contributed by atoms with Gasteiger partial charge in [0.1, 0.15) is 11.6 Å². The highest BCUT2D eigenvalue weighted by atomic mass is 32.2. The van der Waals surface area contributed by atoms with E-state index < -0.39 is 10.0 Å². The number of sulfonamides is 1. The molecule has 7 nitrogen and oxygen atoms in total. The first-order chi connectivity index (χ1) is 13.1. The van der Waals surface area contributed by atoms with Crippen molar-refractivity contribution in [2.24, 2.45) is 0 Å². The van der Waals surface area contributed by atoms with E-state index in [2.05, 4.69) is 19.5 Å². The molecule has 0 spiro atoms. The summed E-state index contributed by atoms with van der Waals surface area (Å²) in [5.41, 5.74) is 1.32. The van der Waals surface area contributed by atoms with Gasteiger partial charge in [-0.15, -0.1) is 10.2 Å². The van der Waals surface area contributed by atoms with Gasteiger partial charge in [0, 0.05) is 24.2 Å². The summed E-state index contributed by atoms with van der Waals surface area (Å²) in [5, 5.41) is 8.46. The zero-order valence-corrected chi connectivity index (χ0v) is 15.7. The first-order valence-corrected chi connectivity index (χ1v) is 10.3. The molecule has 1 aromatic heterocycles. The lowest BCUT2D eigenvalue weighted by Gasteiger charge is -2.10. The SMILES string of the molecule is CCOc1ccc(S(=O)(=O)Nc2cccc(-c3nnc4n3CCC4)c2)cc1. The molecule has 0 aliphatic carbocycles. The normalized spacial score (nSPS) is 13.4. The minimum Gasteiger partial charge on any atom is -0.494 e. The molecule has 2 heterocycles. The fourth-order valence-corrected chi connectivity index (χ4v) is 4.23. The fraction of sp³-hybridized carbons (Fsp3) is 0.263. The molecule has 0 bridgehead atoms. The van der Waals surface area contributed by atoms with Crippen LogP contribution in [0.3, 0.4) is 0 Å². The summed E-state index contributed by atoms with van der Waals surface area (Å²) in [6.45, 7) is 3.30. The molecule has 3 aromatic rings. The average molecular weight is 384 g/mol. The van der Waals surface area contributed by atoms with Crippen LogP contribution in [0.15, 0.2) is 53.4 Å². The number of hydrogen-bond donors (Lipinski definition) is 1. The van der Waals surface area contributed by atoms with E-state index in [0.717, 1.165) is 36.6 Å². The van der Waals surface area contributed by atoms with Crippen LogP contribution in [0.4, 0.5) is 5.69 Å². The van der Waals surface area contributed by atoms with Crippen molar-refractivity contribution in [3.8, 4) is 17.1 Å². The van der Waals surface area contributed by atoms with E-state index in [1.165, 1.54) is 12.1 Å². The van der Waals surface area contributed by atoms with E-state index in [9.17, 15) is 8.42 Å². The highest BCUT2D eigenvalue weighted by Crippen LogP contribution is 2.26. The second-order valence-corrected chi connectivity index (χ2v) is 7.97. The minimum atomic E-state index is -3.69. The maximum absolute atomic E-state index is 12.7. The molecule has 0 saturated carbocycles. The number of rotatable bonds is 6. The molecule has 8 heteroatoms. The molecule has 2 aromatic carbocycles. The molecule has 0 amide bonds. The molecule has 0 radical (unpaired) electrons. The molecule has 1 aliphatic rings. The molecule has 140 valence electrons. The van der Waals surface area contributed by atoms with E-state index >= 15 is 0 Å². The maximum Gasteiger partial charge on any atom is 0.261 e. The second kappa shape index (κ2) is 7.03. The number of hydrogen-bond acceptors (Lipinski definition) is 5. The summed E-state index contributed by atoms with van der Waals surface area (Å²) in [6, 6.07) is 13.6. The van der Waals surface area contributed by atoms with Gasteiger partial charge in [-0.2, -0.15) is 0 Å². The third-order valence-electron chi connectivity index (χ3n) is 4.43. The first-order valence-electron chi connectivity index (χ1n) is 8.85.